The largest absolute Gasteiger partial charge is 0.309 e. The van der Waals surface area contributed by atoms with Gasteiger partial charge in [0.15, 0.2) is 0 Å². The Hall–Kier alpha value is -6.48. The molecule has 5 aromatic carbocycles. The summed E-state index contributed by atoms with van der Waals surface area (Å²) >= 11 is 0. The highest BCUT2D eigenvalue weighted by Crippen LogP contribution is 2.39. The first-order valence-corrected chi connectivity index (χ1v) is 14.1. The van der Waals surface area contributed by atoms with Crippen molar-refractivity contribution >= 4 is 21.8 Å². The molecule has 5 nitrogen and oxygen atoms in total. The van der Waals surface area contributed by atoms with E-state index in [9.17, 15) is 15.8 Å². The SMILES string of the molecule is Cc1cc(-c2ccncc2)c(C#N)cc1-n1c2cc(-c3ccccc3C#N)ccc2c2ccc(-c3ccccc3C#N)cc21. The molecule has 2 aromatic heterocycles. The number of pyridine rings is 1. The minimum atomic E-state index is 0.559. The molecule has 7 rings (SSSR count). The molecule has 0 amide bonds. The van der Waals surface area contributed by atoms with Crippen LogP contribution in [0.1, 0.15) is 22.3 Å². The van der Waals surface area contributed by atoms with Crippen molar-refractivity contribution < 1.29 is 0 Å². The van der Waals surface area contributed by atoms with Crippen molar-refractivity contribution in [3.8, 4) is 57.3 Å². The summed E-state index contributed by atoms with van der Waals surface area (Å²) in [6, 6.07) is 42.7. The van der Waals surface area contributed by atoms with Crippen molar-refractivity contribution in [3.05, 3.63) is 144 Å². The van der Waals surface area contributed by atoms with Crippen LogP contribution in [0.15, 0.2) is 122 Å². The van der Waals surface area contributed by atoms with E-state index >= 15 is 0 Å². The monoisotopic (exact) mass is 561 g/mol. The molecule has 0 saturated carbocycles. The van der Waals surface area contributed by atoms with Gasteiger partial charge in [0.25, 0.3) is 0 Å². The molecule has 204 valence electrons. The number of hydrogen-bond donors (Lipinski definition) is 0. The van der Waals surface area contributed by atoms with E-state index in [1.807, 2.05) is 66.7 Å². The van der Waals surface area contributed by atoms with Gasteiger partial charge in [-0.3, -0.25) is 4.98 Å². The van der Waals surface area contributed by atoms with Gasteiger partial charge in [0, 0.05) is 23.2 Å². The molecular formula is C39H23N5. The van der Waals surface area contributed by atoms with E-state index in [4.69, 9.17) is 0 Å². The van der Waals surface area contributed by atoms with E-state index in [1.165, 1.54) is 0 Å². The molecule has 7 aromatic rings. The second-order valence-electron chi connectivity index (χ2n) is 10.6. The number of nitriles is 3. The molecule has 0 saturated heterocycles. The lowest BCUT2D eigenvalue weighted by molar-refractivity contribution is 1.15. The maximum absolute atomic E-state index is 10.3. The van der Waals surface area contributed by atoms with Gasteiger partial charge in [-0.1, -0.05) is 60.7 Å². The van der Waals surface area contributed by atoms with Gasteiger partial charge in [-0.15, -0.1) is 0 Å². The Balaban J connectivity index is 1.57. The number of hydrogen-bond acceptors (Lipinski definition) is 4. The fourth-order valence-corrected chi connectivity index (χ4v) is 6.08. The molecular weight excluding hydrogens is 538 g/mol. The van der Waals surface area contributed by atoms with E-state index in [0.29, 0.717) is 16.7 Å². The highest BCUT2D eigenvalue weighted by Gasteiger charge is 2.19. The van der Waals surface area contributed by atoms with Gasteiger partial charge < -0.3 is 4.57 Å². The van der Waals surface area contributed by atoms with Crippen LogP contribution in [0.2, 0.25) is 0 Å². The van der Waals surface area contributed by atoms with Gasteiger partial charge in [-0.05, 0) is 94.4 Å². The van der Waals surface area contributed by atoms with Crippen LogP contribution in [-0.2, 0) is 0 Å². The van der Waals surface area contributed by atoms with Gasteiger partial charge in [0.05, 0.1) is 51.6 Å². The van der Waals surface area contributed by atoms with Gasteiger partial charge in [0.2, 0.25) is 0 Å². The summed E-state index contributed by atoms with van der Waals surface area (Å²) in [6.45, 7) is 2.06. The fraction of sp³-hybridized carbons (Fsp3) is 0.0256. The summed E-state index contributed by atoms with van der Waals surface area (Å²) in [5.41, 5.74) is 10.9. The third-order valence-electron chi connectivity index (χ3n) is 8.17. The van der Waals surface area contributed by atoms with Crippen LogP contribution in [0.4, 0.5) is 0 Å². The Bertz CT molecular complexity index is 2260. The van der Waals surface area contributed by atoms with Crippen molar-refractivity contribution in [2.24, 2.45) is 0 Å². The van der Waals surface area contributed by atoms with E-state index in [-0.39, 0.29) is 0 Å². The first-order valence-electron chi connectivity index (χ1n) is 14.1. The Morgan fingerprint density at radius 1 is 0.523 bits per heavy atom. The summed E-state index contributed by atoms with van der Waals surface area (Å²) in [7, 11) is 0. The van der Waals surface area contributed by atoms with E-state index in [0.717, 1.165) is 66.4 Å². The summed E-state index contributed by atoms with van der Waals surface area (Å²) in [5, 5.41) is 32.0. The number of aryl methyl sites for hydroxylation is 1. The van der Waals surface area contributed by atoms with Crippen LogP contribution >= 0.6 is 0 Å². The number of fused-ring (bicyclic) bond motifs is 3. The molecule has 0 aliphatic rings. The molecule has 0 atom stereocenters. The topological polar surface area (TPSA) is 89.2 Å². The molecule has 2 heterocycles. The number of nitrogens with zero attached hydrogens (tertiary/aromatic N) is 5. The van der Waals surface area contributed by atoms with Crippen molar-refractivity contribution in [3.63, 3.8) is 0 Å². The quantitative estimate of drug-likeness (QED) is 0.214. The first kappa shape index (κ1) is 26.4. The fourth-order valence-electron chi connectivity index (χ4n) is 6.08. The number of rotatable bonds is 4. The van der Waals surface area contributed by atoms with Crippen molar-refractivity contribution in [2.45, 2.75) is 6.92 Å². The number of benzene rings is 5. The Morgan fingerprint density at radius 2 is 1.05 bits per heavy atom. The third kappa shape index (κ3) is 4.27. The summed E-state index contributed by atoms with van der Waals surface area (Å²) < 4.78 is 2.20. The average Bonchev–Trinajstić information content (AvgIpc) is 3.41. The summed E-state index contributed by atoms with van der Waals surface area (Å²) in [4.78, 5) is 4.14. The van der Waals surface area contributed by atoms with Crippen LogP contribution in [0.3, 0.4) is 0 Å². The Kier molecular flexibility index (Phi) is 6.44. The summed E-state index contributed by atoms with van der Waals surface area (Å²) in [5.74, 6) is 0. The third-order valence-corrected chi connectivity index (χ3v) is 8.17. The normalized spacial score (nSPS) is 10.8. The van der Waals surface area contributed by atoms with E-state index < -0.39 is 0 Å². The molecule has 0 unspecified atom stereocenters. The van der Waals surface area contributed by atoms with Gasteiger partial charge in [-0.2, -0.15) is 15.8 Å². The Morgan fingerprint density at radius 3 is 1.57 bits per heavy atom. The molecule has 0 N–H and O–H groups in total. The lowest BCUT2D eigenvalue weighted by Crippen LogP contribution is -2.00. The van der Waals surface area contributed by atoms with Crippen LogP contribution in [0, 0.1) is 40.9 Å². The maximum Gasteiger partial charge on any atom is 0.0998 e. The molecule has 0 bridgehead atoms. The van der Waals surface area contributed by atoms with E-state index in [2.05, 4.69) is 77.1 Å². The van der Waals surface area contributed by atoms with Gasteiger partial charge in [0.1, 0.15) is 0 Å². The van der Waals surface area contributed by atoms with Crippen molar-refractivity contribution in [1.29, 1.82) is 15.8 Å². The second kappa shape index (κ2) is 10.7. The van der Waals surface area contributed by atoms with Crippen LogP contribution < -0.4 is 0 Å². The van der Waals surface area contributed by atoms with E-state index in [1.54, 1.807) is 12.4 Å². The molecule has 44 heavy (non-hydrogen) atoms. The molecule has 5 heteroatoms. The predicted molar refractivity (Wildman–Crippen MR) is 174 cm³/mol. The Labute approximate surface area is 254 Å². The highest BCUT2D eigenvalue weighted by molar-refractivity contribution is 6.11. The zero-order chi connectivity index (χ0) is 30.2. The lowest BCUT2D eigenvalue weighted by atomic mass is 9.97. The van der Waals surface area contributed by atoms with Crippen molar-refractivity contribution in [2.75, 3.05) is 0 Å². The standard InChI is InChI=1S/C39H23N5/c1-25-18-36(26-14-16-43-17-15-26)31(24-42)21-37(25)44-38-19-27(32-8-4-2-6-29(32)22-40)10-12-34(38)35-13-11-28(20-39(35)44)33-9-5-3-7-30(33)23-41/h2-21H,1H3. The lowest BCUT2D eigenvalue weighted by Gasteiger charge is -2.16. The zero-order valence-corrected chi connectivity index (χ0v) is 23.8. The molecule has 0 fully saturated rings. The molecule has 0 radical (unpaired) electrons. The smallest absolute Gasteiger partial charge is 0.0998 e. The van der Waals surface area contributed by atoms with Crippen LogP contribution in [-0.4, -0.2) is 9.55 Å². The summed E-state index contributed by atoms with van der Waals surface area (Å²) in [6.07, 6.45) is 3.46. The van der Waals surface area contributed by atoms with Crippen LogP contribution in [0.25, 0.3) is 60.9 Å². The predicted octanol–water partition coefficient (Wildman–Crippen LogP) is 9.10. The minimum Gasteiger partial charge on any atom is -0.309 e. The second-order valence-corrected chi connectivity index (χ2v) is 10.6. The molecule has 0 aliphatic carbocycles. The number of aromatic nitrogens is 2. The maximum atomic E-state index is 10.3. The van der Waals surface area contributed by atoms with Crippen molar-refractivity contribution in [1.82, 2.24) is 9.55 Å². The van der Waals surface area contributed by atoms with Gasteiger partial charge >= 0.3 is 0 Å². The average molecular weight is 562 g/mol. The molecule has 0 spiro atoms. The van der Waals surface area contributed by atoms with Gasteiger partial charge in [-0.25, -0.2) is 0 Å². The highest BCUT2D eigenvalue weighted by atomic mass is 15.0. The zero-order valence-electron chi connectivity index (χ0n) is 23.8. The first-order chi connectivity index (χ1) is 21.6. The van der Waals surface area contributed by atoms with Crippen LogP contribution in [0.5, 0.6) is 0 Å². The minimum absolute atomic E-state index is 0.559. The molecule has 0 aliphatic heterocycles.